The summed E-state index contributed by atoms with van der Waals surface area (Å²) in [4.78, 5) is 10.3. The number of nitrogens with zero attached hydrogens (tertiary/aromatic N) is 3. The molecule has 1 saturated heterocycles. The number of ether oxygens (including phenoxy) is 2. The molecule has 0 saturated carbocycles. The predicted molar refractivity (Wildman–Crippen MR) is 60.4 cm³/mol. The van der Waals surface area contributed by atoms with Gasteiger partial charge in [-0.25, -0.2) is 0 Å². The van der Waals surface area contributed by atoms with Gasteiger partial charge in [-0.15, -0.1) is 0 Å². The first-order chi connectivity index (χ1) is 7.72. The lowest BCUT2D eigenvalue weighted by molar-refractivity contribution is 0.122. The molecule has 1 aromatic heterocycles. The summed E-state index contributed by atoms with van der Waals surface area (Å²) in [5.41, 5.74) is 11.6. The van der Waals surface area contributed by atoms with Gasteiger partial charge in [-0.1, -0.05) is 0 Å². The van der Waals surface area contributed by atoms with Gasteiger partial charge < -0.3 is 25.8 Å². The summed E-state index contributed by atoms with van der Waals surface area (Å²) in [6, 6.07) is 0. The van der Waals surface area contributed by atoms with Crippen molar-refractivity contribution in [3.63, 3.8) is 0 Å². The topological polar surface area (TPSA) is 99.5 Å². The normalized spacial score (nSPS) is 16.2. The van der Waals surface area contributed by atoms with E-state index in [0.717, 1.165) is 13.1 Å². The second-order valence-electron chi connectivity index (χ2n) is 3.43. The zero-order chi connectivity index (χ0) is 11.5. The highest BCUT2D eigenvalue weighted by Crippen LogP contribution is 2.26. The highest BCUT2D eigenvalue weighted by atomic mass is 16.5. The number of morpholine rings is 1. The van der Waals surface area contributed by atoms with E-state index in [1.54, 1.807) is 0 Å². The molecule has 2 heterocycles. The molecule has 0 spiro atoms. The second kappa shape index (κ2) is 4.40. The lowest BCUT2D eigenvalue weighted by Crippen LogP contribution is -2.37. The molecular weight excluding hydrogens is 210 g/mol. The highest BCUT2D eigenvalue weighted by molar-refractivity contribution is 5.66. The lowest BCUT2D eigenvalue weighted by atomic mass is 10.4. The van der Waals surface area contributed by atoms with Crippen LogP contribution in [-0.2, 0) is 4.74 Å². The summed E-state index contributed by atoms with van der Waals surface area (Å²) >= 11 is 0. The van der Waals surface area contributed by atoms with Gasteiger partial charge in [0.05, 0.1) is 20.3 Å². The maximum atomic E-state index is 5.69. The van der Waals surface area contributed by atoms with E-state index in [4.69, 9.17) is 20.9 Å². The Balaban J connectivity index is 2.29. The first kappa shape index (κ1) is 10.7. The molecule has 0 atom stereocenters. The summed E-state index contributed by atoms with van der Waals surface area (Å²) < 4.78 is 10.3. The molecule has 1 fully saturated rings. The van der Waals surface area contributed by atoms with Gasteiger partial charge in [-0.05, 0) is 0 Å². The van der Waals surface area contributed by atoms with Crippen molar-refractivity contribution in [2.75, 3.05) is 49.8 Å². The zero-order valence-electron chi connectivity index (χ0n) is 9.14. The van der Waals surface area contributed by atoms with Crippen LogP contribution in [-0.4, -0.2) is 43.4 Å². The van der Waals surface area contributed by atoms with Gasteiger partial charge in [0.1, 0.15) is 5.69 Å². The third kappa shape index (κ3) is 1.94. The van der Waals surface area contributed by atoms with Gasteiger partial charge >= 0.3 is 0 Å². The number of rotatable bonds is 2. The molecule has 1 aromatic rings. The number of hydrogen-bond acceptors (Lipinski definition) is 7. The van der Waals surface area contributed by atoms with Crippen molar-refractivity contribution < 1.29 is 9.47 Å². The van der Waals surface area contributed by atoms with Crippen LogP contribution in [0.1, 0.15) is 0 Å². The minimum absolute atomic E-state index is 0.244. The summed E-state index contributed by atoms with van der Waals surface area (Å²) in [5.74, 6) is 1.09. The summed E-state index contributed by atoms with van der Waals surface area (Å²) in [6.45, 7) is 2.81. The van der Waals surface area contributed by atoms with Gasteiger partial charge in [0.2, 0.25) is 11.8 Å². The van der Waals surface area contributed by atoms with Crippen molar-refractivity contribution in [3.05, 3.63) is 0 Å². The van der Waals surface area contributed by atoms with E-state index in [9.17, 15) is 0 Å². The molecule has 0 unspecified atom stereocenters. The Labute approximate surface area is 93.4 Å². The van der Waals surface area contributed by atoms with Crippen molar-refractivity contribution >= 4 is 17.5 Å². The van der Waals surface area contributed by atoms with Crippen LogP contribution < -0.4 is 21.1 Å². The fourth-order valence-electron chi connectivity index (χ4n) is 1.51. The van der Waals surface area contributed by atoms with Crippen molar-refractivity contribution in [2.45, 2.75) is 0 Å². The largest absolute Gasteiger partial charge is 0.479 e. The first-order valence-corrected chi connectivity index (χ1v) is 5.02. The third-order valence-electron chi connectivity index (χ3n) is 2.42. The smallest absolute Gasteiger partial charge is 0.244 e. The Morgan fingerprint density at radius 2 is 1.94 bits per heavy atom. The molecule has 1 aliphatic heterocycles. The van der Waals surface area contributed by atoms with Crippen LogP contribution in [0.25, 0.3) is 0 Å². The summed E-state index contributed by atoms with van der Waals surface area (Å²) in [7, 11) is 1.50. The number of aromatic nitrogens is 2. The number of nitrogens with two attached hydrogens (primary N) is 2. The minimum Gasteiger partial charge on any atom is -0.479 e. The van der Waals surface area contributed by atoms with E-state index >= 15 is 0 Å². The molecule has 2 rings (SSSR count). The highest BCUT2D eigenvalue weighted by Gasteiger charge is 2.17. The number of hydrogen-bond donors (Lipinski definition) is 2. The average molecular weight is 225 g/mol. The zero-order valence-corrected chi connectivity index (χ0v) is 9.14. The Morgan fingerprint density at radius 3 is 2.56 bits per heavy atom. The standard InChI is InChI=1S/C9H15N5O2/c1-15-8-6(10)7(11)12-9(13-8)14-2-4-16-5-3-14/h2-5,10H2,1H3,(H2,11,12,13). The molecule has 7 nitrogen and oxygen atoms in total. The maximum absolute atomic E-state index is 5.69. The van der Waals surface area contributed by atoms with E-state index in [1.807, 2.05) is 4.90 Å². The Morgan fingerprint density at radius 1 is 1.25 bits per heavy atom. The summed E-state index contributed by atoms with van der Waals surface area (Å²) in [5, 5.41) is 0. The van der Waals surface area contributed by atoms with E-state index < -0.39 is 0 Å². The molecule has 0 amide bonds. The molecule has 0 aromatic carbocycles. The molecule has 0 radical (unpaired) electrons. The monoisotopic (exact) mass is 225 g/mol. The fourth-order valence-corrected chi connectivity index (χ4v) is 1.51. The van der Waals surface area contributed by atoms with Crippen molar-refractivity contribution in [2.24, 2.45) is 0 Å². The van der Waals surface area contributed by atoms with Crippen LogP contribution in [0.5, 0.6) is 5.88 Å². The van der Waals surface area contributed by atoms with Gasteiger partial charge in [0, 0.05) is 13.1 Å². The van der Waals surface area contributed by atoms with Gasteiger partial charge in [0.25, 0.3) is 0 Å². The van der Waals surface area contributed by atoms with Crippen LogP contribution >= 0.6 is 0 Å². The number of methoxy groups -OCH3 is 1. The molecule has 88 valence electrons. The van der Waals surface area contributed by atoms with E-state index in [-0.39, 0.29) is 11.5 Å². The van der Waals surface area contributed by atoms with Gasteiger partial charge in [-0.3, -0.25) is 0 Å². The van der Waals surface area contributed by atoms with Crippen LogP contribution in [0, 0.1) is 0 Å². The summed E-state index contributed by atoms with van der Waals surface area (Å²) in [6.07, 6.45) is 0. The molecule has 0 aliphatic carbocycles. The lowest BCUT2D eigenvalue weighted by Gasteiger charge is -2.27. The van der Waals surface area contributed by atoms with Gasteiger partial charge in [0.15, 0.2) is 5.82 Å². The molecular formula is C9H15N5O2. The van der Waals surface area contributed by atoms with E-state index in [1.165, 1.54) is 7.11 Å². The van der Waals surface area contributed by atoms with Crippen LogP contribution in [0.2, 0.25) is 0 Å². The number of nitrogen functional groups attached to an aromatic ring is 2. The Hall–Kier alpha value is -1.76. The first-order valence-electron chi connectivity index (χ1n) is 5.02. The van der Waals surface area contributed by atoms with E-state index in [0.29, 0.717) is 25.0 Å². The maximum Gasteiger partial charge on any atom is 0.244 e. The minimum atomic E-state index is 0.244. The van der Waals surface area contributed by atoms with Crippen LogP contribution in [0.4, 0.5) is 17.5 Å². The van der Waals surface area contributed by atoms with E-state index in [2.05, 4.69) is 9.97 Å². The Bertz CT molecular complexity index is 378. The average Bonchev–Trinajstić information content (AvgIpc) is 2.33. The van der Waals surface area contributed by atoms with Crippen molar-refractivity contribution in [3.8, 4) is 5.88 Å². The third-order valence-corrected chi connectivity index (χ3v) is 2.42. The predicted octanol–water partition coefficient (Wildman–Crippen LogP) is -0.514. The molecule has 4 N–H and O–H groups in total. The molecule has 7 heteroatoms. The van der Waals surface area contributed by atoms with Crippen LogP contribution in [0.3, 0.4) is 0 Å². The molecule has 1 aliphatic rings. The SMILES string of the molecule is COc1nc(N2CCOCC2)nc(N)c1N. The van der Waals surface area contributed by atoms with Crippen LogP contribution in [0.15, 0.2) is 0 Å². The second-order valence-corrected chi connectivity index (χ2v) is 3.43. The quantitative estimate of drug-likeness (QED) is 0.699. The molecule has 0 bridgehead atoms. The van der Waals surface area contributed by atoms with Crippen molar-refractivity contribution in [1.29, 1.82) is 0 Å². The Kier molecular flexibility index (Phi) is 2.95. The molecule has 16 heavy (non-hydrogen) atoms. The number of anilines is 3. The van der Waals surface area contributed by atoms with Gasteiger partial charge in [-0.2, -0.15) is 9.97 Å². The van der Waals surface area contributed by atoms with Crippen molar-refractivity contribution in [1.82, 2.24) is 9.97 Å². The fraction of sp³-hybridized carbons (Fsp3) is 0.556.